The lowest BCUT2D eigenvalue weighted by Gasteiger charge is -2.34. The number of imide groups is 2. The number of urea groups is 1. The molecule has 1 saturated heterocycles. The summed E-state index contributed by atoms with van der Waals surface area (Å²) in [4.78, 5) is 46.4. The highest BCUT2D eigenvalue weighted by Crippen LogP contribution is 2.29. The number of non-ortho nitro benzene ring substituents is 1. The van der Waals surface area contributed by atoms with Crippen molar-refractivity contribution in [2.75, 3.05) is 4.90 Å². The van der Waals surface area contributed by atoms with Crippen LogP contribution in [-0.4, -0.2) is 22.8 Å². The summed E-state index contributed by atoms with van der Waals surface area (Å²) >= 11 is 0. The van der Waals surface area contributed by atoms with Crippen molar-refractivity contribution in [3.8, 4) is 0 Å². The maximum Gasteiger partial charge on any atom is 0.335 e. The molecule has 1 aromatic rings. The van der Waals surface area contributed by atoms with E-state index in [2.05, 4.69) is 5.32 Å². The average Bonchev–Trinajstić information content (AvgIpc) is 2.37. The Morgan fingerprint density at radius 1 is 1.25 bits per heavy atom. The van der Waals surface area contributed by atoms with E-state index in [9.17, 15) is 24.5 Å². The molecule has 0 spiro atoms. The Kier molecular flexibility index (Phi) is 3.01. The average molecular weight is 277 g/mol. The Balaban J connectivity index is 2.48. The van der Waals surface area contributed by atoms with Gasteiger partial charge in [0, 0.05) is 12.1 Å². The number of barbiturate groups is 1. The summed E-state index contributed by atoms with van der Waals surface area (Å²) in [6.07, 6.45) is 0. The summed E-state index contributed by atoms with van der Waals surface area (Å²) in [5, 5.41) is 12.8. The minimum atomic E-state index is -1.42. The fourth-order valence-electron chi connectivity index (χ4n) is 1.76. The number of hydrogen-bond acceptors (Lipinski definition) is 5. The Morgan fingerprint density at radius 3 is 2.50 bits per heavy atom. The van der Waals surface area contributed by atoms with Crippen molar-refractivity contribution in [1.82, 2.24) is 5.32 Å². The molecule has 1 N–H and O–H groups in total. The monoisotopic (exact) mass is 277 g/mol. The third kappa shape index (κ3) is 2.00. The van der Waals surface area contributed by atoms with Crippen LogP contribution in [0.5, 0.6) is 0 Å². The van der Waals surface area contributed by atoms with Gasteiger partial charge in [-0.25, -0.2) is 9.69 Å². The molecular weight excluding hydrogens is 266 g/mol. The van der Waals surface area contributed by atoms with Gasteiger partial charge in [0.05, 0.1) is 10.6 Å². The summed E-state index contributed by atoms with van der Waals surface area (Å²) in [6, 6.07) is 4.17. The molecule has 0 aliphatic carbocycles. The predicted molar refractivity (Wildman–Crippen MR) is 67.9 cm³/mol. The van der Waals surface area contributed by atoms with E-state index < -0.39 is 28.2 Å². The highest BCUT2D eigenvalue weighted by Gasteiger charge is 2.47. The number of nitrogens with one attached hydrogen (secondary N) is 1. The van der Waals surface area contributed by atoms with Gasteiger partial charge < -0.3 is 0 Å². The normalized spacial score (nSPS) is 17.9. The zero-order valence-electron chi connectivity index (χ0n) is 10.7. The minimum Gasteiger partial charge on any atom is -0.276 e. The van der Waals surface area contributed by atoms with Crippen LogP contribution >= 0.6 is 0 Å². The lowest BCUT2D eigenvalue weighted by Crippen LogP contribution is -2.62. The number of benzene rings is 1. The van der Waals surface area contributed by atoms with Gasteiger partial charge in [0.15, 0.2) is 0 Å². The molecule has 1 aliphatic rings. The molecule has 4 amide bonds. The topological polar surface area (TPSA) is 110 Å². The molecule has 104 valence electrons. The highest BCUT2D eigenvalue weighted by molar-refractivity contribution is 6.29. The van der Waals surface area contributed by atoms with Gasteiger partial charge in [-0.1, -0.05) is 6.07 Å². The number of nitrogens with zero attached hydrogens (tertiary/aromatic N) is 2. The Bertz CT molecular complexity index is 638. The van der Waals surface area contributed by atoms with E-state index in [1.807, 2.05) is 0 Å². The first-order chi connectivity index (χ1) is 9.25. The molecule has 8 heteroatoms. The Hall–Kier alpha value is -2.77. The summed E-state index contributed by atoms with van der Waals surface area (Å²) in [7, 11) is 0. The van der Waals surface area contributed by atoms with Crippen molar-refractivity contribution < 1.29 is 19.3 Å². The number of nitro benzene ring substituents is 1. The van der Waals surface area contributed by atoms with E-state index in [-0.39, 0.29) is 11.4 Å². The lowest BCUT2D eigenvalue weighted by molar-refractivity contribution is -0.384. The Morgan fingerprint density at radius 2 is 1.90 bits per heavy atom. The molecule has 0 bridgehead atoms. The fraction of sp³-hybridized carbons (Fsp3) is 0.250. The first-order valence-corrected chi connectivity index (χ1v) is 5.69. The largest absolute Gasteiger partial charge is 0.335 e. The van der Waals surface area contributed by atoms with Crippen molar-refractivity contribution in [2.45, 2.75) is 13.8 Å². The van der Waals surface area contributed by atoms with Crippen LogP contribution in [0.25, 0.3) is 0 Å². The maximum absolute atomic E-state index is 12.2. The van der Waals surface area contributed by atoms with E-state index >= 15 is 0 Å². The van der Waals surface area contributed by atoms with Crippen molar-refractivity contribution in [2.24, 2.45) is 5.41 Å². The molecule has 1 aliphatic heterocycles. The van der Waals surface area contributed by atoms with Gasteiger partial charge in [-0.3, -0.25) is 25.0 Å². The second-order valence-electron chi connectivity index (χ2n) is 4.80. The minimum absolute atomic E-state index is 0.0438. The van der Waals surface area contributed by atoms with Crippen LogP contribution in [0, 0.1) is 15.5 Å². The third-order valence-corrected chi connectivity index (χ3v) is 3.03. The number of anilines is 1. The number of amides is 4. The van der Waals surface area contributed by atoms with Crippen LogP contribution < -0.4 is 10.2 Å². The van der Waals surface area contributed by atoms with E-state index in [0.717, 1.165) is 11.0 Å². The quantitative estimate of drug-likeness (QED) is 0.496. The van der Waals surface area contributed by atoms with E-state index in [4.69, 9.17) is 0 Å². The molecule has 0 saturated carbocycles. The molecule has 0 unspecified atom stereocenters. The standard InChI is InChI=1S/C12H11N3O5/c1-12(2)9(16)13-11(18)14(10(12)17)7-4-3-5-8(6-7)15(19)20/h3-6H,1-2H3,(H,13,16,18). The lowest BCUT2D eigenvalue weighted by atomic mass is 9.88. The molecular formula is C12H11N3O5. The molecule has 2 rings (SSSR count). The molecule has 8 nitrogen and oxygen atoms in total. The first kappa shape index (κ1) is 13.7. The second-order valence-corrected chi connectivity index (χ2v) is 4.80. The van der Waals surface area contributed by atoms with Crippen LogP contribution in [0.4, 0.5) is 16.2 Å². The van der Waals surface area contributed by atoms with Gasteiger partial charge in [-0.15, -0.1) is 0 Å². The fourth-order valence-corrected chi connectivity index (χ4v) is 1.76. The third-order valence-electron chi connectivity index (χ3n) is 3.03. The summed E-state index contributed by atoms with van der Waals surface area (Å²) in [6.45, 7) is 2.75. The van der Waals surface area contributed by atoms with Crippen LogP contribution in [0.15, 0.2) is 24.3 Å². The second kappa shape index (κ2) is 4.41. The zero-order valence-corrected chi connectivity index (χ0v) is 10.7. The van der Waals surface area contributed by atoms with Crippen LogP contribution in [0.3, 0.4) is 0 Å². The summed E-state index contributed by atoms with van der Waals surface area (Å²) in [5.74, 6) is -1.43. The molecule has 1 heterocycles. The molecule has 1 fully saturated rings. The van der Waals surface area contributed by atoms with Gasteiger partial charge >= 0.3 is 6.03 Å². The summed E-state index contributed by atoms with van der Waals surface area (Å²) < 4.78 is 0. The molecule has 20 heavy (non-hydrogen) atoms. The van der Waals surface area contributed by atoms with E-state index in [1.165, 1.54) is 32.0 Å². The van der Waals surface area contributed by atoms with Crippen molar-refractivity contribution in [1.29, 1.82) is 0 Å². The Labute approximate surface area is 113 Å². The van der Waals surface area contributed by atoms with Gasteiger partial charge in [-0.2, -0.15) is 0 Å². The van der Waals surface area contributed by atoms with Gasteiger partial charge in [0.25, 0.3) is 5.69 Å². The number of carbonyl (C=O) groups excluding carboxylic acids is 3. The smallest absolute Gasteiger partial charge is 0.276 e. The van der Waals surface area contributed by atoms with E-state index in [1.54, 1.807) is 0 Å². The van der Waals surface area contributed by atoms with Gasteiger partial charge in [0.1, 0.15) is 5.41 Å². The van der Waals surface area contributed by atoms with Crippen molar-refractivity contribution in [3.63, 3.8) is 0 Å². The summed E-state index contributed by atoms with van der Waals surface area (Å²) in [5.41, 5.74) is -1.63. The maximum atomic E-state index is 12.2. The number of hydrogen-bond donors (Lipinski definition) is 1. The van der Waals surface area contributed by atoms with Crippen LogP contribution in [-0.2, 0) is 9.59 Å². The molecule has 0 radical (unpaired) electrons. The highest BCUT2D eigenvalue weighted by atomic mass is 16.6. The number of nitro groups is 1. The zero-order chi connectivity index (χ0) is 15.1. The molecule has 0 aromatic heterocycles. The molecule has 1 aromatic carbocycles. The predicted octanol–water partition coefficient (Wildman–Crippen LogP) is 1.20. The van der Waals surface area contributed by atoms with Gasteiger partial charge in [0.2, 0.25) is 11.8 Å². The van der Waals surface area contributed by atoms with Crippen molar-refractivity contribution in [3.05, 3.63) is 34.4 Å². The molecule has 0 atom stereocenters. The van der Waals surface area contributed by atoms with E-state index in [0.29, 0.717) is 0 Å². The van der Waals surface area contributed by atoms with Crippen molar-refractivity contribution >= 4 is 29.2 Å². The number of rotatable bonds is 2. The van der Waals surface area contributed by atoms with Crippen LogP contribution in [0.1, 0.15) is 13.8 Å². The number of carbonyl (C=O) groups is 3. The first-order valence-electron chi connectivity index (χ1n) is 5.69. The SMILES string of the molecule is CC1(C)C(=O)NC(=O)N(c2cccc([N+](=O)[O-])c2)C1=O. The van der Waals surface area contributed by atoms with Crippen LogP contribution in [0.2, 0.25) is 0 Å². The van der Waals surface area contributed by atoms with Gasteiger partial charge in [-0.05, 0) is 19.9 Å².